The molecule has 0 spiro atoms. The Balaban J connectivity index is 1.37. The van der Waals surface area contributed by atoms with Crippen LogP contribution in [-0.4, -0.2) is 35.0 Å². The lowest BCUT2D eigenvalue weighted by Gasteiger charge is -2.18. The molecular weight excluding hydrogens is 396 g/mol. The Labute approximate surface area is 180 Å². The highest BCUT2D eigenvalue weighted by molar-refractivity contribution is 8.18. The van der Waals surface area contributed by atoms with Gasteiger partial charge in [-0.25, -0.2) is 0 Å². The second kappa shape index (κ2) is 8.11. The number of hydrogen-bond acceptors (Lipinski definition) is 4. The van der Waals surface area contributed by atoms with Crippen molar-refractivity contribution in [2.75, 3.05) is 13.1 Å². The summed E-state index contributed by atoms with van der Waals surface area (Å²) in [5.41, 5.74) is 3.75. The molecule has 1 aliphatic heterocycles. The molecule has 2 aromatic rings. The summed E-state index contributed by atoms with van der Waals surface area (Å²) in [5.74, 6) is -0.335. The van der Waals surface area contributed by atoms with E-state index in [1.807, 2.05) is 44.2 Å². The SMILES string of the molecule is Cc1cc(C)cc(C2(C(=O)NCCN3C(=O)S/C(=C\c4ccccc4)C3=O)CC2)c1. The van der Waals surface area contributed by atoms with Gasteiger partial charge in [0.05, 0.1) is 10.3 Å². The van der Waals surface area contributed by atoms with Crippen LogP contribution in [0.4, 0.5) is 4.79 Å². The van der Waals surface area contributed by atoms with Crippen molar-refractivity contribution in [1.82, 2.24) is 10.2 Å². The predicted octanol–water partition coefficient (Wildman–Crippen LogP) is 4.19. The van der Waals surface area contributed by atoms with Gasteiger partial charge in [-0.15, -0.1) is 0 Å². The highest BCUT2D eigenvalue weighted by Crippen LogP contribution is 2.48. The Morgan fingerprint density at radius 2 is 1.77 bits per heavy atom. The van der Waals surface area contributed by atoms with Crippen molar-refractivity contribution in [1.29, 1.82) is 0 Å². The van der Waals surface area contributed by atoms with Crippen LogP contribution in [0.2, 0.25) is 0 Å². The lowest BCUT2D eigenvalue weighted by atomic mass is 9.92. The summed E-state index contributed by atoms with van der Waals surface area (Å²) in [6.45, 7) is 4.49. The smallest absolute Gasteiger partial charge is 0.293 e. The minimum absolute atomic E-state index is 0.0284. The number of nitrogens with zero attached hydrogens (tertiary/aromatic N) is 1. The van der Waals surface area contributed by atoms with Crippen LogP contribution in [0.5, 0.6) is 0 Å². The summed E-state index contributed by atoms with van der Waals surface area (Å²) in [4.78, 5) is 39.4. The number of amides is 3. The standard InChI is InChI=1S/C24H24N2O3S/c1-16-12-17(2)14-19(13-16)24(8-9-24)22(28)25-10-11-26-21(27)20(30-23(26)29)15-18-6-4-3-5-7-18/h3-7,12-15H,8-11H2,1-2H3,(H,25,28)/b20-15-. The molecule has 1 heterocycles. The number of aryl methyl sites for hydroxylation is 2. The maximum absolute atomic E-state index is 12.9. The van der Waals surface area contributed by atoms with Gasteiger partial charge in [0, 0.05) is 13.1 Å². The molecule has 3 amide bonds. The van der Waals surface area contributed by atoms with Crippen LogP contribution in [0.15, 0.2) is 53.4 Å². The van der Waals surface area contributed by atoms with Crippen molar-refractivity contribution in [2.45, 2.75) is 32.1 Å². The summed E-state index contributed by atoms with van der Waals surface area (Å²) in [7, 11) is 0. The number of thioether (sulfide) groups is 1. The van der Waals surface area contributed by atoms with Crippen LogP contribution in [0, 0.1) is 13.8 Å². The predicted molar refractivity (Wildman–Crippen MR) is 119 cm³/mol. The van der Waals surface area contributed by atoms with Crippen LogP contribution < -0.4 is 5.32 Å². The van der Waals surface area contributed by atoms with Crippen LogP contribution in [0.1, 0.15) is 35.1 Å². The van der Waals surface area contributed by atoms with E-state index < -0.39 is 5.41 Å². The van der Waals surface area contributed by atoms with Crippen LogP contribution in [-0.2, 0) is 15.0 Å². The van der Waals surface area contributed by atoms with Crippen molar-refractivity contribution >= 4 is 34.9 Å². The molecule has 1 saturated heterocycles. The second-order valence-corrected chi connectivity index (χ2v) is 8.95. The Kier molecular flexibility index (Phi) is 5.52. The second-order valence-electron chi connectivity index (χ2n) is 7.96. The maximum Gasteiger partial charge on any atom is 0.293 e. The van der Waals surface area contributed by atoms with Gasteiger partial charge in [-0.05, 0) is 55.7 Å². The first-order chi connectivity index (χ1) is 14.4. The molecule has 6 heteroatoms. The molecule has 154 valence electrons. The van der Waals surface area contributed by atoms with Crippen molar-refractivity contribution in [3.63, 3.8) is 0 Å². The first-order valence-electron chi connectivity index (χ1n) is 10.1. The van der Waals surface area contributed by atoms with Gasteiger partial charge in [0.15, 0.2) is 0 Å². The summed E-state index contributed by atoms with van der Waals surface area (Å²) in [6.07, 6.45) is 3.37. The van der Waals surface area contributed by atoms with Gasteiger partial charge in [0.2, 0.25) is 5.91 Å². The van der Waals surface area contributed by atoms with E-state index in [-0.39, 0.29) is 30.1 Å². The lowest BCUT2D eigenvalue weighted by molar-refractivity contribution is -0.125. The van der Waals surface area contributed by atoms with Gasteiger partial charge in [-0.2, -0.15) is 0 Å². The molecule has 30 heavy (non-hydrogen) atoms. The molecule has 0 radical (unpaired) electrons. The molecule has 2 aliphatic rings. The lowest BCUT2D eigenvalue weighted by Crippen LogP contribution is -2.41. The number of hydrogen-bond donors (Lipinski definition) is 1. The van der Waals surface area contributed by atoms with Crippen molar-refractivity contribution in [3.05, 3.63) is 75.7 Å². The number of rotatable bonds is 6. The minimum Gasteiger partial charge on any atom is -0.354 e. The van der Waals surface area contributed by atoms with E-state index in [9.17, 15) is 14.4 Å². The molecule has 1 N–H and O–H groups in total. The van der Waals surface area contributed by atoms with Crippen LogP contribution >= 0.6 is 11.8 Å². The zero-order chi connectivity index (χ0) is 21.3. The fraction of sp³-hybridized carbons (Fsp3) is 0.292. The summed E-state index contributed by atoms with van der Waals surface area (Å²) < 4.78 is 0. The van der Waals surface area contributed by atoms with E-state index in [0.29, 0.717) is 4.91 Å². The molecule has 2 fully saturated rings. The molecule has 0 atom stereocenters. The molecule has 1 saturated carbocycles. The monoisotopic (exact) mass is 420 g/mol. The van der Waals surface area contributed by atoms with Crippen molar-refractivity contribution in [2.24, 2.45) is 0 Å². The Morgan fingerprint density at radius 1 is 1.10 bits per heavy atom. The largest absolute Gasteiger partial charge is 0.354 e. The number of carbonyl (C=O) groups is 3. The third kappa shape index (κ3) is 4.05. The zero-order valence-corrected chi connectivity index (χ0v) is 17.9. The number of nitrogens with one attached hydrogen (secondary N) is 1. The number of imide groups is 1. The molecule has 5 nitrogen and oxygen atoms in total. The average molecular weight is 421 g/mol. The van der Waals surface area contributed by atoms with E-state index >= 15 is 0 Å². The molecule has 0 aromatic heterocycles. The van der Waals surface area contributed by atoms with E-state index in [4.69, 9.17) is 0 Å². The zero-order valence-electron chi connectivity index (χ0n) is 17.1. The van der Waals surface area contributed by atoms with Crippen molar-refractivity contribution in [3.8, 4) is 0 Å². The van der Waals surface area contributed by atoms with Crippen molar-refractivity contribution < 1.29 is 14.4 Å². The molecule has 1 aliphatic carbocycles. The highest BCUT2D eigenvalue weighted by atomic mass is 32.2. The molecule has 2 aromatic carbocycles. The molecule has 4 rings (SSSR count). The van der Waals surface area contributed by atoms with Gasteiger partial charge in [-0.3, -0.25) is 19.3 Å². The van der Waals surface area contributed by atoms with Gasteiger partial charge in [0.25, 0.3) is 11.1 Å². The number of carbonyl (C=O) groups excluding carboxylic acids is 3. The minimum atomic E-state index is -0.469. The summed E-state index contributed by atoms with van der Waals surface area (Å²) in [5, 5.41) is 2.64. The summed E-state index contributed by atoms with van der Waals surface area (Å²) in [6, 6.07) is 15.7. The quantitative estimate of drug-likeness (QED) is 0.712. The van der Waals surface area contributed by atoms with E-state index in [0.717, 1.165) is 46.9 Å². The van der Waals surface area contributed by atoms with Gasteiger partial charge < -0.3 is 5.32 Å². The number of benzene rings is 2. The van der Waals surface area contributed by atoms with Gasteiger partial charge >= 0.3 is 0 Å². The fourth-order valence-electron chi connectivity index (χ4n) is 3.87. The van der Waals surface area contributed by atoms with Crippen LogP contribution in [0.25, 0.3) is 6.08 Å². The van der Waals surface area contributed by atoms with Gasteiger partial charge in [0.1, 0.15) is 0 Å². The topological polar surface area (TPSA) is 66.5 Å². The normalized spacial score (nSPS) is 18.7. The first kappa shape index (κ1) is 20.4. The van der Waals surface area contributed by atoms with Crippen LogP contribution in [0.3, 0.4) is 0 Å². The summed E-state index contributed by atoms with van der Waals surface area (Å²) >= 11 is 0.939. The van der Waals surface area contributed by atoms with Gasteiger partial charge in [-0.1, -0.05) is 59.7 Å². The third-order valence-corrected chi connectivity index (χ3v) is 6.46. The maximum atomic E-state index is 12.9. The van der Waals surface area contributed by atoms with E-state index in [1.165, 1.54) is 4.90 Å². The Hall–Kier alpha value is -2.86. The first-order valence-corrected chi connectivity index (χ1v) is 10.9. The Morgan fingerprint density at radius 3 is 2.40 bits per heavy atom. The fourth-order valence-corrected chi connectivity index (χ4v) is 4.73. The highest BCUT2D eigenvalue weighted by Gasteiger charge is 2.51. The molecule has 0 bridgehead atoms. The molecule has 0 unspecified atom stereocenters. The third-order valence-electron chi connectivity index (χ3n) is 5.55. The average Bonchev–Trinajstić information content (AvgIpc) is 3.48. The van der Waals surface area contributed by atoms with E-state index in [1.54, 1.807) is 6.08 Å². The van der Waals surface area contributed by atoms with E-state index in [2.05, 4.69) is 23.5 Å². The Bertz CT molecular complexity index is 1020. The molecular formula is C24H24N2O3S.